The summed E-state index contributed by atoms with van der Waals surface area (Å²) in [7, 11) is 0. The van der Waals surface area contributed by atoms with Gasteiger partial charge in [0.05, 0.1) is 17.2 Å². The van der Waals surface area contributed by atoms with Gasteiger partial charge in [-0.1, -0.05) is 12.1 Å². The molecule has 4 nitrogen and oxygen atoms in total. The largest absolute Gasteiger partial charge is 0.368 e. The number of carbonyl (C=O) groups is 1. The first-order valence-corrected chi connectivity index (χ1v) is 5.44. The van der Waals surface area contributed by atoms with Gasteiger partial charge in [-0.15, -0.1) is 0 Å². The lowest BCUT2D eigenvalue weighted by atomic mass is 10.00. The van der Waals surface area contributed by atoms with E-state index in [2.05, 4.69) is 11.4 Å². The number of amides is 1. The van der Waals surface area contributed by atoms with Gasteiger partial charge in [-0.25, -0.2) is 0 Å². The number of nitriles is 1. The lowest BCUT2D eigenvalue weighted by molar-refractivity contribution is -0.123. The Morgan fingerprint density at radius 2 is 1.94 bits per heavy atom. The number of hydrogen-bond acceptors (Lipinski definition) is 3. The van der Waals surface area contributed by atoms with Gasteiger partial charge in [0.25, 0.3) is 0 Å². The van der Waals surface area contributed by atoms with E-state index in [1.165, 1.54) is 0 Å². The van der Waals surface area contributed by atoms with Crippen LogP contribution in [0.3, 0.4) is 0 Å². The van der Waals surface area contributed by atoms with Crippen LogP contribution in [0.25, 0.3) is 0 Å². The molecule has 3 N–H and O–H groups in total. The Morgan fingerprint density at radius 1 is 1.41 bits per heavy atom. The molecular formula is C13H17N3O. The van der Waals surface area contributed by atoms with E-state index in [9.17, 15) is 4.79 Å². The third kappa shape index (κ3) is 3.30. The van der Waals surface area contributed by atoms with Gasteiger partial charge in [-0.2, -0.15) is 5.26 Å². The van der Waals surface area contributed by atoms with E-state index in [0.29, 0.717) is 5.56 Å². The third-order valence-corrected chi connectivity index (χ3v) is 2.73. The molecule has 0 heterocycles. The maximum atomic E-state index is 11.2. The zero-order valence-corrected chi connectivity index (χ0v) is 10.3. The second kappa shape index (κ2) is 4.98. The Hall–Kier alpha value is -1.86. The average molecular weight is 231 g/mol. The van der Waals surface area contributed by atoms with Gasteiger partial charge in [0.15, 0.2) is 0 Å². The maximum absolute atomic E-state index is 11.2. The monoisotopic (exact) mass is 231 g/mol. The average Bonchev–Trinajstić information content (AvgIpc) is 2.28. The lowest BCUT2D eigenvalue weighted by Gasteiger charge is -2.27. The van der Waals surface area contributed by atoms with Gasteiger partial charge in [0.1, 0.15) is 0 Å². The van der Waals surface area contributed by atoms with Gasteiger partial charge in [-0.3, -0.25) is 10.1 Å². The van der Waals surface area contributed by atoms with Crippen LogP contribution in [0.15, 0.2) is 24.3 Å². The van der Waals surface area contributed by atoms with E-state index in [0.717, 1.165) is 5.56 Å². The molecule has 1 atom stereocenters. The van der Waals surface area contributed by atoms with Gasteiger partial charge in [0, 0.05) is 6.04 Å². The SMILES string of the molecule is CC(NC(C)(C)C(N)=O)c1ccc(C#N)cc1. The van der Waals surface area contributed by atoms with Crippen LogP contribution in [-0.4, -0.2) is 11.4 Å². The molecule has 0 radical (unpaired) electrons. The molecule has 0 bridgehead atoms. The molecule has 0 saturated carbocycles. The fourth-order valence-corrected chi connectivity index (χ4v) is 1.54. The van der Waals surface area contributed by atoms with Crippen LogP contribution in [0.1, 0.15) is 37.9 Å². The Labute approximate surface area is 101 Å². The molecule has 4 heteroatoms. The number of carbonyl (C=O) groups excluding carboxylic acids is 1. The Morgan fingerprint density at radius 3 is 2.35 bits per heavy atom. The van der Waals surface area contributed by atoms with Crippen LogP contribution in [-0.2, 0) is 4.79 Å². The standard InChI is InChI=1S/C13H17N3O/c1-9(16-13(2,3)12(15)17)11-6-4-10(8-14)5-7-11/h4-7,9,16H,1-3H3,(H2,15,17). The number of nitrogens with two attached hydrogens (primary N) is 1. The molecule has 0 aliphatic carbocycles. The van der Waals surface area contributed by atoms with Crippen LogP contribution in [0.4, 0.5) is 0 Å². The van der Waals surface area contributed by atoms with Gasteiger partial charge in [-0.05, 0) is 38.5 Å². The molecule has 17 heavy (non-hydrogen) atoms. The second-order valence-electron chi connectivity index (χ2n) is 4.59. The highest BCUT2D eigenvalue weighted by Crippen LogP contribution is 2.16. The third-order valence-electron chi connectivity index (χ3n) is 2.73. The molecule has 1 aromatic rings. The van der Waals surface area contributed by atoms with Crippen molar-refractivity contribution in [2.24, 2.45) is 5.73 Å². The summed E-state index contributed by atoms with van der Waals surface area (Å²) in [6.07, 6.45) is 0. The Kier molecular flexibility index (Phi) is 3.87. The zero-order chi connectivity index (χ0) is 13.1. The predicted octanol–water partition coefficient (Wildman–Crippen LogP) is 1.47. The van der Waals surface area contributed by atoms with Crippen molar-refractivity contribution in [2.45, 2.75) is 32.4 Å². The van der Waals surface area contributed by atoms with Crippen LogP contribution in [0, 0.1) is 11.3 Å². The van der Waals surface area contributed by atoms with E-state index in [-0.39, 0.29) is 6.04 Å². The first-order valence-electron chi connectivity index (χ1n) is 5.44. The Balaban J connectivity index is 2.80. The number of benzene rings is 1. The number of hydrogen-bond donors (Lipinski definition) is 2. The van der Waals surface area contributed by atoms with Gasteiger partial charge < -0.3 is 5.73 Å². The van der Waals surface area contributed by atoms with Crippen molar-refractivity contribution < 1.29 is 4.79 Å². The summed E-state index contributed by atoms with van der Waals surface area (Å²) >= 11 is 0. The Bertz CT molecular complexity index is 443. The number of nitrogens with one attached hydrogen (secondary N) is 1. The van der Waals surface area contributed by atoms with E-state index >= 15 is 0 Å². The fourth-order valence-electron chi connectivity index (χ4n) is 1.54. The van der Waals surface area contributed by atoms with E-state index in [1.54, 1.807) is 26.0 Å². The molecule has 0 aliphatic heterocycles. The molecule has 1 unspecified atom stereocenters. The lowest BCUT2D eigenvalue weighted by Crippen LogP contribution is -2.51. The van der Waals surface area contributed by atoms with Crippen molar-refractivity contribution in [2.75, 3.05) is 0 Å². The molecule has 1 amide bonds. The minimum absolute atomic E-state index is 0.00903. The molecule has 0 aromatic heterocycles. The van der Waals surface area contributed by atoms with Crippen LogP contribution < -0.4 is 11.1 Å². The molecule has 1 rings (SSSR count). The van der Waals surface area contributed by atoms with Crippen molar-refractivity contribution in [1.82, 2.24) is 5.32 Å². The summed E-state index contributed by atoms with van der Waals surface area (Å²) in [5.41, 5.74) is 6.17. The summed E-state index contributed by atoms with van der Waals surface area (Å²) in [6.45, 7) is 5.44. The van der Waals surface area contributed by atoms with Gasteiger partial charge in [0.2, 0.25) is 5.91 Å². The smallest absolute Gasteiger partial charge is 0.237 e. The minimum atomic E-state index is -0.757. The molecular weight excluding hydrogens is 214 g/mol. The van der Waals surface area contributed by atoms with Crippen molar-refractivity contribution in [3.05, 3.63) is 35.4 Å². The van der Waals surface area contributed by atoms with E-state index in [1.807, 2.05) is 19.1 Å². The summed E-state index contributed by atoms with van der Waals surface area (Å²) in [4.78, 5) is 11.2. The van der Waals surface area contributed by atoms with Gasteiger partial charge >= 0.3 is 0 Å². The van der Waals surface area contributed by atoms with Crippen LogP contribution in [0.2, 0.25) is 0 Å². The first kappa shape index (κ1) is 13.2. The highest BCUT2D eigenvalue weighted by atomic mass is 16.1. The quantitative estimate of drug-likeness (QED) is 0.823. The number of primary amides is 1. The van der Waals surface area contributed by atoms with Crippen molar-refractivity contribution in [3.8, 4) is 6.07 Å². The summed E-state index contributed by atoms with van der Waals surface area (Å²) in [5, 5.41) is 11.9. The topological polar surface area (TPSA) is 78.9 Å². The highest BCUT2D eigenvalue weighted by molar-refractivity contribution is 5.83. The second-order valence-corrected chi connectivity index (χ2v) is 4.59. The normalized spacial score (nSPS) is 12.8. The van der Waals surface area contributed by atoms with E-state index < -0.39 is 11.4 Å². The molecule has 0 fully saturated rings. The summed E-state index contributed by atoms with van der Waals surface area (Å²) < 4.78 is 0. The predicted molar refractivity (Wildman–Crippen MR) is 66.0 cm³/mol. The molecule has 0 saturated heterocycles. The number of rotatable bonds is 4. The first-order chi connectivity index (χ1) is 7.86. The number of nitrogens with zero attached hydrogens (tertiary/aromatic N) is 1. The van der Waals surface area contributed by atoms with E-state index in [4.69, 9.17) is 11.0 Å². The minimum Gasteiger partial charge on any atom is -0.368 e. The van der Waals surface area contributed by atoms with Crippen molar-refractivity contribution in [1.29, 1.82) is 5.26 Å². The molecule has 1 aromatic carbocycles. The summed E-state index contributed by atoms with van der Waals surface area (Å²) in [5.74, 6) is -0.391. The molecule has 90 valence electrons. The fraction of sp³-hybridized carbons (Fsp3) is 0.385. The molecule has 0 aliphatic rings. The van der Waals surface area contributed by atoms with Crippen LogP contribution >= 0.6 is 0 Å². The van der Waals surface area contributed by atoms with Crippen molar-refractivity contribution >= 4 is 5.91 Å². The highest BCUT2D eigenvalue weighted by Gasteiger charge is 2.26. The van der Waals surface area contributed by atoms with Crippen molar-refractivity contribution in [3.63, 3.8) is 0 Å². The van der Waals surface area contributed by atoms with Crippen LogP contribution in [0.5, 0.6) is 0 Å². The summed E-state index contributed by atoms with van der Waals surface area (Å²) in [6, 6.07) is 9.30. The maximum Gasteiger partial charge on any atom is 0.237 e. The zero-order valence-electron chi connectivity index (χ0n) is 10.3. The molecule has 0 spiro atoms.